The van der Waals surface area contributed by atoms with E-state index >= 15 is 0 Å². The van der Waals surface area contributed by atoms with E-state index < -0.39 is 17.9 Å². The first-order chi connectivity index (χ1) is 9.94. The number of ether oxygens (including phenoxy) is 1. The number of hydrogen-bond donors (Lipinski definition) is 0. The second kappa shape index (κ2) is 4.65. The van der Waals surface area contributed by atoms with E-state index in [2.05, 4.69) is 4.98 Å². The number of halogens is 2. The van der Waals surface area contributed by atoms with E-state index in [9.17, 15) is 13.6 Å². The summed E-state index contributed by atoms with van der Waals surface area (Å²) in [5.41, 5.74) is 1.66. The van der Waals surface area contributed by atoms with Gasteiger partial charge in [-0.25, -0.2) is 13.6 Å². The van der Waals surface area contributed by atoms with Crippen LogP contribution in [0, 0.1) is 0 Å². The van der Waals surface area contributed by atoms with Crippen molar-refractivity contribution >= 4 is 22.6 Å². The van der Waals surface area contributed by atoms with Crippen LogP contribution in [0.1, 0.15) is 17.3 Å². The Hall–Kier alpha value is -2.24. The van der Waals surface area contributed by atoms with Crippen molar-refractivity contribution in [2.45, 2.75) is 18.9 Å². The number of anilines is 1. The van der Waals surface area contributed by atoms with E-state index in [0.29, 0.717) is 22.2 Å². The number of pyridine rings is 1. The molecule has 4 nitrogen and oxygen atoms in total. The zero-order valence-electron chi connectivity index (χ0n) is 11.6. The monoisotopic (exact) mass is 292 g/mol. The Balaban J connectivity index is 2.06. The van der Waals surface area contributed by atoms with Crippen LogP contribution in [0.2, 0.25) is 0 Å². The van der Waals surface area contributed by atoms with Crippen LogP contribution >= 0.6 is 0 Å². The molecule has 3 rings (SSSR count). The SMILES string of the molecule is COC(=O)c1ccnc2ccc(N3CC(F)(F)C3C)cc12. The first kappa shape index (κ1) is 13.7. The first-order valence-corrected chi connectivity index (χ1v) is 6.55. The fourth-order valence-corrected chi connectivity index (χ4v) is 2.53. The molecular weight excluding hydrogens is 278 g/mol. The average Bonchev–Trinajstić information content (AvgIpc) is 2.50. The van der Waals surface area contributed by atoms with Crippen LogP contribution in [0.3, 0.4) is 0 Å². The maximum Gasteiger partial charge on any atom is 0.338 e. The molecule has 1 fully saturated rings. The number of alkyl halides is 2. The van der Waals surface area contributed by atoms with Crippen LogP contribution in [0.5, 0.6) is 0 Å². The fourth-order valence-electron chi connectivity index (χ4n) is 2.53. The van der Waals surface area contributed by atoms with Crippen molar-refractivity contribution in [1.82, 2.24) is 4.98 Å². The van der Waals surface area contributed by atoms with Gasteiger partial charge in [0.25, 0.3) is 5.92 Å². The molecule has 1 atom stereocenters. The van der Waals surface area contributed by atoms with Crippen LogP contribution in [0.25, 0.3) is 10.9 Å². The number of methoxy groups -OCH3 is 1. The number of carbonyl (C=O) groups excluding carboxylic acids is 1. The van der Waals surface area contributed by atoms with Gasteiger partial charge in [0.1, 0.15) is 0 Å². The number of fused-ring (bicyclic) bond motifs is 1. The van der Waals surface area contributed by atoms with Crippen LogP contribution in [0.4, 0.5) is 14.5 Å². The number of aromatic nitrogens is 1. The van der Waals surface area contributed by atoms with Gasteiger partial charge in [-0.1, -0.05) is 0 Å². The lowest BCUT2D eigenvalue weighted by Crippen LogP contribution is -2.63. The van der Waals surface area contributed by atoms with E-state index in [1.165, 1.54) is 20.2 Å². The maximum atomic E-state index is 13.3. The minimum Gasteiger partial charge on any atom is -0.465 e. The highest BCUT2D eigenvalue weighted by atomic mass is 19.3. The van der Waals surface area contributed by atoms with E-state index in [-0.39, 0.29) is 6.54 Å². The Kier molecular flexibility index (Phi) is 3.04. The molecule has 0 amide bonds. The summed E-state index contributed by atoms with van der Waals surface area (Å²) < 4.78 is 31.4. The zero-order valence-corrected chi connectivity index (χ0v) is 11.6. The van der Waals surface area contributed by atoms with Crippen molar-refractivity contribution in [3.8, 4) is 0 Å². The van der Waals surface area contributed by atoms with Crippen LogP contribution in [-0.4, -0.2) is 36.6 Å². The van der Waals surface area contributed by atoms with Gasteiger partial charge >= 0.3 is 5.97 Å². The van der Waals surface area contributed by atoms with Gasteiger partial charge in [0.05, 0.1) is 30.8 Å². The Labute approximate surface area is 120 Å². The minimum atomic E-state index is -2.67. The highest BCUT2D eigenvalue weighted by molar-refractivity contribution is 6.04. The van der Waals surface area contributed by atoms with Crippen molar-refractivity contribution in [3.63, 3.8) is 0 Å². The molecule has 1 aliphatic heterocycles. The van der Waals surface area contributed by atoms with Crippen LogP contribution in [0.15, 0.2) is 30.5 Å². The Morgan fingerprint density at radius 2 is 2.19 bits per heavy atom. The predicted molar refractivity (Wildman–Crippen MR) is 74.8 cm³/mol. The third kappa shape index (κ3) is 2.11. The molecular formula is C15H14F2N2O2. The topological polar surface area (TPSA) is 42.4 Å². The summed E-state index contributed by atoms with van der Waals surface area (Å²) >= 11 is 0. The fraction of sp³-hybridized carbons (Fsp3) is 0.333. The van der Waals surface area contributed by atoms with E-state index in [0.717, 1.165) is 0 Å². The molecule has 1 aromatic carbocycles. The van der Waals surface area contributed by atoms with Gasteiger partial charge < -0.3 is 9.64 Å². The lowest BCUT2D eigenvalue weighted by atomic mass is 9.98. The molecule has 0 N–H and O–H groups in total. The number of nitrogens with zero attached hydrogens (tertiary/aromatic N) is 2. The van der Waals surface area contributed by atoms with Crippen molar-refractivity contribution in [1.29, 1.82) is 0 Å². The maximum absolute atomic E-state index is 13.3. The van der Waals surface area contributed by atoms with Gasteiger partial charge in [-0.2, -0.15) is 0 Å². The van der Waals surface area contributed by atoms with Gasteiger partial charge in [0.2, 0.25) is 0 Å². The smallest absolute Gasteiger partial charge is 0.338 e. The van der Waals surface area contributed by atoms with Crippen molar-refractivity contribution in [2.75, 3.05) is 18.6 Å². The van der Waals surface area contributed by atoms with E-state index in [1.54, 1.807) is 29.2 Å². The second-order valence-electron chi connectivity index (χ2n) is 5.12. The lowest BCUT2D eigenvalue weighted by Gasteiger charge is -2.47. The summed E-state index contributed by atoms with van der Waals surface area (Å²) in [5.74, 6) is -3.14. The van der Waals surface area contributed by atoms with Crippen molar-refractivity contribution in [2.24, 2.45) is 0 Å². The summed E-state index contributed by atoms with van der Waals surface area (Å²) in [6, 6.07) is 5.88. The second-order valence-corrected chi connectivity index (χ2v) is 5.12. The number of carbonyl (C=O) groups is 1. The molecule has 1 aliphatic rings. The lowest BCUT2D eigenvalue weighted by molar-refractivity contribution is -0.0638. The molecule has 2 heterocycles. The summed E-state index contributed by atoms with van der Waals surface area (Å²) in [6.07, 6.45) is 1.52. The van der Waals surface area contributed by atoms with Gasteiger partial charge in [-0.3, -0.25) is 4.98 Å². The largest absolute Gasteiger partial charge is 0.465 e. The average molecular weight is 292 g/mol. The number of esters is 1. The molecule has 6 heteroatoms. The summed E-state index contributed by atoms with van der Waals surface area (Å²) in [4.78, 5) is 17.6. The standard InChI is InChI=1S/C15H14F2N2O2/c1-9-15(16,17)8-19(9)10-3-4-13-12(7-10)11(5-6-18-13)14(20)21-2/h3-7,9H,8H2,1-2H3. The number of hydrogen-bond acceptors (Lipinski definition) is 4. The molecule has 21 heavy (non-hydrogen) atoms. The molecule has 1 unspecified atom stereocenters. The van der Waals surface area contributed by atoms with Crippen LogP contribution < -0.4 is 4.90 Å². The minimum absolute atomic E-state index is 0.312. The normalized spacial score (nSPS) is 20.2. The zero-order chi connectivity index (χ0) is 15.2. The van der Waals surface area contributed by atoms with Gasteiger partial charge in [0.15, 0.2) is 0 Å². The van der Waals surface area contributed by atoms with E-state index in [4.69, 9.17) is 4.74 Å². The highest BCUT2D eigenvalue weighted by Crippen LogP contribution is 2.39. The summed E-state index contributed by atoms with van der Waals surface area (Å²) in [5, 5.41) is 0.601. The van der Waals surface area contributed by atoms with Crippen molar-refractivity contribution in [3.05, 3.63) is 36.0 Å². The van der Waals surface area contributed by atoms with Crippen molar-refractivity contribution < 1.29 is 18.3 Å². The highest BCUT2D eigenvalue weighted by Gasteiger charge is 2.51. The molecule has 0 saturated carbocycles. The van der Waals surface area contributed by atoms with E-state index in [1.807, 2.05) is 0 Å². The molecule has 0 bridgehead atoms. The van der Waals surface area contributed by atoms with Gasteiger partial charge in [-0.15, -0.1) is 0 Å². The van der Waals surface area contributed by atoms with Gasteiger partial charge in [-0.05, 0) is 31.2 Å². The summed E-state index contributed by atoms with van der Waals surface area (Å²) in [6.45, 7) is 1.17. The molecule has 1 aromatic heterocycles. The van der Waals surface area contributed by atoms with Crippen LogP contribution in [-0.2, 0) is 4.74 Å². The molecule has 1 saturated heterocycles. The third-order valence-electron chi connectivity index (χ3n) is 3.92. The first-order valence-electron chi connectivity index (χ1n) is 6.55. The molecule has 2 aromatic rings. The predicted octanol–water partition coefficient (Wildman–Crippen LogP) is 2.87. The Morgan fingerprint density at radius 1 is 1.43 bits per heavy atom. The molecule has 0 radical (unpaired) electrons. The quantitative estimate of drug-likeness (QED) is 0.798. The van der Waals surface area contributed by atoms with Gasteiger partial charge in [0, 0.05) is 17.3 Å². The Bertz CT molecular complexity index is 718. The molecule has 0 spiro atoms. The molecule has 0 aliphatic carbocycles. The molecule has 110 valence electrons. The Morgan fingerprint density at radius 3 is 2.81 bits per heavy atom. The number of rotatable bonds is 2. The summed E-state index contributed by atoms with van der Waals surface area (Å²) in [7, 11) is 1.30. The number of benzene rings is 1. The third-order valence-corrected chi connectivity index (χ3v) is 3.92.